The molecular formula is C12H17ClN2O2. The van der Waals surface area contributed by atoms with Crippen molar-refractivity contribution in [3.8, 4) is 5.75 Å². The minimum absolute atomic E-state index is 0.0217. The average molecular weight is 257 g/mol. The molecule has 5 heteroatoms. The molecule has 3 N–H and O–H groups in total. The normalized spacial score (nSPS) is 12.2. The molecule has 0 aliphatic carbocycles. The van der Waals surface area contributed by atoms with Crippen LogP contribution in [-0.2, 0) is 4.74 Å². The first kappa shape index (κ1) is 13.8. The lowest BCUT2D eigenvalue weighted by Gasteiger charge is -2.17. The molecular weight excluding hydrogens is 240 g/mol. The molecule has 1 atom stereocenters. The monoisotopic (exact) mass is 256 g/mol. The van der Waals surface area contributed by atoms with Crippen molar-refractivity contribution in [1.82, 2.24) is 0 Å². The molecule has 1 aromatic rings. The summed E-state index contributed by atoms with van der Waals surface area (Å²) in [6, 6.07) is 5.21. The summed E-state index contributed by atoms with van der Waals surface area (Å²) in [6.45, 7) is 2.56. The standard InChI is InChI=1S/C12H17ClN2O2/c1-8(6-7-16-2)17-10-5-3-4-9(13)11(10)12(14)15/h3-5,8H,6-7H2,1-2H3,(H3,14,15). The van der Waals surface area contributed by atoms with E-state index in [-0.39, 0.29) is 11.9 Å². The van der Waals surface area contributed by atoms with Gasteiger partial charge >= 0.3 is 0 Å². The van der Waals surface area contributed by atoms with Gasteiger partial charge in [-0.3, -0.25) is 5.41 Å². The number of halogens is 1. The van der Waals surface area contributed by atoms with Crippen LogP contribution in [0.25, 0.3) is 0 Å². The van der Waals surface area contributed by atoms with Crippen LogP contribution in [0.15, 0.2) is 18.2 Å². The van der Waals surface area contributed by atoms with Crippen molar-refractivity contribution in [2.75, 3.05) is 13.7 Å². The summed E-state index contributed by atoms with van der Waals surface area (Å²) < 4.78 is 10.7. The van der Waals surface area contributed by atoms with Crippen LogP contribution >= 0.6 is 11.6 Å². The van der Waals surface area contributed by atoms with Crippen LogP contribution in [0.2, 0.25) is 5.02 Å². The molecule has 0 spiro atoms. The predicted molar refractivity (Wildman–Crippen MR) is 69.1 cm³/mol. The van der Waals surface area contributed by atoms with Gasteiger partial charge in [-0.25, -0.2) is 0 Å². The summed E-state index contributed by atoms with van der Waals surface area (Å²) in [7, 11) is 1.65. The molecule has 4 nitrogen and oxygen atoms in total. The van der Waals surface area contributed by atoms with Gasteiger partial charge in [-0.05, 0) is 19.1 Å². The number of hydrogen-bond donors (Lipinski definition) is 2. The third-order valence-corrected chi connectivity index (χ3v) is 2.62. The highest BCUT2D eigenvalue weighted by Gasteiger charge is 2.13. The van der Waals surface area contributed by atoms with Gasteiger partial charge in [0.25, 0.3) is 0 Å². The number of nitrogens with one attached hydrogen (secondary N) is 1. The van der Waals surface area contributed by atoms with Gasteiger partial charge in [0.1, 0.15) is 11.6 Å². The zero-order chi connectivity index (χ0) is 12.8. The molecule has 0 amide bonds. The first-order chi connectivity index (χ1) is 8.06. The number of benzene rings is 1. The summed E-state index contributed by atoms with van der Waals surface area (Å²) in [5.41, 5.74) is 5.93. The van der Waals surface area contributed by atoms with Crippen LogP contribution in [-0.4, -0.2) is 25.7 Å². The topological polar surface area (TPSA) is 68.3 Å². The van der Waals surface area contributed by atoms with Crippen molar-refractivity contribution in [2.45, 2.75) is 19.4 Å². The first-order valence-corrected chi connectivity index (χ1v) is 5.72. The number of rotatable bonds is 6. The molecule has 0 saturated heterocycles. The summed E-state index contributed by atoms with van der Waals surface area (Å²) in [6.07, 6.45) is 0.743. The molecule has 0 saturated carbocycles. The van der Waals surface area contributed by atoms with Crippen molar-refractivity contribution < 1.29 is 9.47 Å². The Morgan fingerprint density at radius 2 is 2.24 bits per heavy atom. The average Bonchev–Trinajstić information content (AvgIpc) is 2.25. The van der Waals surface area contributed by atoms with E-state index in [0.717, 1.165) is 6.42 Å². The Labute approximate surface area is 106 Å². The zero-order valence-corrected chi connectivity index (χ0v) is 10.8. The number of amidine groups is 1. The van der Waals surface area contributed by atoms with Crippen molar-refractivity contribution in [1.29, 1.82) is 5.41 Å². The molecule has 1 rings (SSSR count). The second-order valence-electron chi connectivity index (χ2n) is 3.74. The minimum Gasteiger partial charge on any atom is -0.490 e. The van der Waals surface area contributed by atoms with E-state index in [0.29, 0.717) is 22.9 Å². The maximum Gasteiger partial charge on any atom is 0.132 e. The van der Waals surface area contributed by atoms with Crippen molar-refractivity contribution >= 4 is 17.4 Å². The van der Waals surface area contributed by atoms with Crippen LogP contribution in [0.5, 0.6) is 5.75 Å². The SMILES string of the molecule is COCCC(C)Oc1cccc(Cl)c1C(=N)N. The van der Waals surface area contributed by atoms with E-state index in [1.165, 1.54) is 0 Å². The summed E-state index contributed by atoms with van der Waals surface area (Å²) in [5, 5.41) is 7.91. The predicted octanol–water partition coefficient (Wildman–Crippen LogP) is 2.43. The molecule has 94 valence electrons. The van der Waals surface area contributed by atoms with E-state index in [1.54, 1.807) is 25.3 Å². The zero-order valence-electron chi connectivity index (χ0n) is 10.00. The molecule has 1 aromatic carbocycles. The van der Waals surface area contributed by atoms with Gasteiger partial charge in [0.15, 0.2) is 0 Å². The number of nitrogen functional groups attached to an aromatic ring is 1. The van der Waals surface area contributed by atoms with Gasteiger partial charge in [0.2, 0.25) is 0 Å². The summed E-state index contributed by atoms with van der Waals surface area (Å²) in [4.78, 5) is 0. The lowest BCUT2D eigenvalue weighted by atomic mass is 10.2. The molecule has 0 aliphatic heterocycles. The fourth-order valence-corrected chi connectivity index (χ4v) is 1.69. The lowest BCUT2D eigenvalue weighted by Crippen LogP contribution is -2.19. The van der Waals surface area contributed by atoms with Crippen LogP contribution in [0.3, 0.4) is 0 Å². The molecule has 1 unspecified atom stereocenters. The Balaban J connectivity index is 2.83. The minimum atomic E-state index is -0.0930. The third kappa shape index (κ3) is 3.91. The highest BCUT2D eigenvalue weighted by Crippen LogP contribution is 2.27. The summed E-state index contributed by atoms with van der Waals surface area (Å²) in [5.74, 6) is 0.443. The van der Waals surface area contributed by atoms with Crippen LogP contribution in [0.4, 0.5) is 0 Å². The molecule has 0 bridgehead atoms. The summed E-state index contributed by atoms with van der Waals surface area (Å²) >= 11 is 5.99. The van der Waals surface area contributed by atoms with Crippen LogP contribution in [0.1, 0.15) is 18.9 Å². The Morgan fingerprint density at radius 1 is 1.53 bits per heavy atom. The number of methoxy groups -OCH3 is 1. The van der Waals surface area contributed by atoms with Crippen molar-refractivity contribution in [2.24, 2.45) is 5.73 Å². The van der Waals surface area contributed by atoms with Crippen molar-refractivity contribution in [3.05, 3.63) is 28.8 Å². The fourth-order valence-electron chi connectivity index (χ4n) is 1.42. The molecule has 0 radical (unpaired) electrons. The molecule has 0 aliphatic rings. The fraction of sp³-hybridized carbons (Fsp3) is 0.417. The van der Waals surface area contributed by atoms with E-state index in [4.69, 9.17) is 32.2 Å². The largest absolute Gasteiger partial charge is 0.490 e. The maximum absolute atomic E-state index is 7.49. The first-order valence-electron chi connectivity index (χ1n) is 5.34. The quantitative estimate of drug-likeness (QED) is 0.607. The van der Waals surface area contributed by atoms with E-state index in [1.807, 2.05) is 6.92 Å². The molecule has 0 aromatic heterocycles. The van der Waals surface area contributed by atoms with Crippen LogP contribution in [0, 0.1) is 5.41 Å². The Hall–Kier alpha value is -1.26. The van der Waals surface area contributed by atoms with E-state index in [9.17, 15) is 0 Å². The number of hydrogen-bond acceptors (Lipinski definition) is 3. The Kier molecular flexibility index (Phi) is 5.25. The molecule has 0 heterocycles. The van der Waals surface area contributed by atoms with E-state index >= 15 is 0 Å². The number of nitrogens with two attached hydrogens (primary N) is 1. The van der Waals surface area contributed by atoms with E-state index < -0.39 is 0 Å². The van der Waals surface area contributed by atoms with E-state index in [2.05, 4.69) is 0 Å². The highest BCUT2D eigenvalue weighted by atomic mass is 35.5. The highest BCUT2D eigenvalue weighted by molar-refractivity contribution is 6.34. The second kappa shape index (κ2) is 6.47. The second-order valence-corrected chi connectivity index (χ2v) is 4.14. The number of ether oxygens (including phenoxy) is 2. The third-order valence-electron chi connectivity index (χ3n) is 2.30. The van der Waals surface area contributed by atoms with Gasteiger partial charge in [-0.15, -0.1) is 0 Å². The maximum atomic E-state index is 7.49. The van der Waals surface area contributed by atoms with Gasteiger partial charge < -0.3 is 15.2 Å². The van der Waals surface area contributed by atoms with Gasteiger partial charge in [-0.2, -0.15) is 0 Å². The van der Waals surface area contributed by atoms with Gasteiger partial charge in [0.05, 0.1) is 16.7 Å². The molecule has 17 heavy (non-hydrogen) atoms. The Bertz CT molecular complexity index is 396. The van der Waals surface area contributed by atoms with Gasteiger partial charge in [0, 0.05) is 20.1 Å². The lowest BCUT2D eigenvalue weighted by molar-refractivity contribution is 0.135. The van der Waals surface area contributed by atoms with Gasteiger partial charge in [-0.1, -0.05) is 17.7 Å². The smallest absolute Gasteiger partial charge is 0.132 e. The van der Waals surface area contributed by atoms with Crippen molar-refractivity contribution in [3.63, 3.8) is 0 Å². The Morgan fingerprint density at radius 3 is 2.82 bits per heavy atom. The van der Waals surface area contributed by atoms with Crippen LogP contribution < -0.4 is 10.5 Å². The molecule has 0 fully saturated rings.